The highest BCUT2D eigenvalue weighted by molar-refractivity contribution is 4.96. The number of allylic oxidation sites excluding steroid dienone is 2. The highest BCUT2D eigenvalue weighted by Crippen LogP contribution is 2.36. The Bertz CT molecular complexity index is 124. The first-order valence-corrected chi connectivity index (χ1v) is 4.12. The summed E-state index contributed by atoms with van der Waals surface area (Å²) in [6.07, 6.45) is 12.1. The summed E-state index contributed by atoms with van der Waals surface area (Å²) in [4.78, 5) is 0. The zero-order valence-electron chi connectivity index (χ0n) is 5.84. The molecule has 1 saturated carbocycles. The fourth-order valence-electron chi connectivity index (χ4n) is 2.17. The van der Waals surface area contributed by atoms with E-state index in [1.54, 1.807) is 0 Å². The topological polar surface area (TPSA) is 0 Å². The van der Waals surface area contributed by atoms with Gasteiger partial charge in [0.05, 0.1) is 0 Å². The maximum atomic E-state index is 2.44. The van der Waals surface area contributed by atoms with Gasteiger partial charge in [-0.3, -0.25) is 0 Å². The lowest BCUT2D eigenvalue weighted by atomic mass is 10.0. The van der Waals surface area contributed by atoms with Crippen LogP contribution in [0.1, 0.15) is 32.1 Å². The van der Waals surface area contributed by atoms with Crippen LogP contribution >= 0.6 is 0 Å². The molecule has 1 fully saturated rings. The summed E-state index contributed by atoms with van der Waals surface area (Å²) in [7, 11) is 0. The molecule has 50 valence electrons. The van der Waals surface area contributed by atoms with E-state index < -0.39 is 0 Å². The van der Waals surface area contributed by atoms with Crippen molar-refractivity contribution in [1.82, 2.24) is 0 Å². The van der Waals surface area contributed by atoms with Crippen molar-refractivity contribution < 1.29 is 0 Å². The summed E-state index contributed by atoms with van der Waals surface area (Å²) in [5, 5.41) is 0. The van der Waals surface area contributed by atoms with Gasteiger partial charge in [-0.2, -0.15) is 0 Å². The smallest absolute Gasteiger partial charge is 0.0231 e. The van der Waals surface area contributed by atoms with Crippen molar-refractivity contribution in [1.29, 1.82) is 0 Å². The number of hydrogen-bond acceptors (Lipinski definition) is 0. The van der Waals surface area contributed by atoms with Crippen molar-refractivity contribution in [2.24, 2.45) is 11.8 Å². The maximum absolute atomic E-state index is 2.44. The standard InChI is InChI=1S/C9H14/c1-2-4-9-6-5-8(3-1)7-9/h1,3,8-9H,2,4-7H2. The van der Waals surface area contributed by atoms with Crippen molar-refractivity contribution in [3.8, 4) is 0 Å². The minimum absolute atomic E-state index is 0.970. The molecule has 2 rings (SSSR count). The molecule has 0 radical (unpaired) electrons. The molecule has 2 unspecified atom stereocenters. The molecule has 0 nitrogen and oxygen atoms in total. The highest BCUT2D eigenvalue weighted by Gasteiger charge is 2.23. The Kier molecular flexibility index (Phi) is 1.33. The van der Waals surface area contributed by atoms with Gasteiger partial charge in [0.1, 0.15) is 0 Å². The number of rotatable bonds is 0. The van der Waals surface area contributed by atoms with Gasteiger partial charge >= 0.3 is 0 Å². The molecule has 0 spiro atoms. The van der Waals surface area contributed by atoms with E-state index in [2.05, 4.69) is 12.2 Å². The van der Waals surface area contributed by atoms with E-state index in [-0.39, 0.29) is 0 Å². The Balaban J connectivity index is 2.10. The Morgan fingerprint density at radius 2 is 2.11 bits per heavy atom. The summed E-state index contributed by atoms with van der Waals surface area (Å²) >= 11 is 0. The van der Waals surface area contributed by atoms with Gasteiger partial charge in [-0.1, -0.05) is 12.2 Å². The summed E-state index contributed by atoms with van der Waals surface area (Å²) in [5.41, 5.74) is 0. The monoisotopic (exact) mass is 122 g/mol. The zero-order valence-corrected chi connectivity index (χ0v) is 5.84. The molecule has 2 aliphatic rings. The van der Waals surface area contributed by atoms with Crippen molar-refractivity contribution in [2.75, 3.05) is 0 Å². The van der Waals surface area contributed by atoms with E-state index >= 15 is 0 Å². The molecule has 0 aromatic rings. The quantitative estimate of drug-likeness (QED) is 0.433. The van der Waals surface area contributed by atoms with E-state index in [4.69, 9.17) is 0 Å². The van der Waals surface area contributed by atoms with Gasteiger partial charge in [0.25, 0.3) is 0 Å². The second-order valence-corrected chi connectivity index (χ2v) is 3.44. The summed E-state index contributed by atoms with van der Waals surface area (Å²) in [5.74, 6) is 2.06. The molecule has 0 N–H and O–H groups in total. The van der Waals surface area contributed by atoms with E-state index in [0.717, 1.165) is 11.8 Å². The second-order valence-electron chi connectivity index (χ2n) is 3.44. The van der Waals surface area contributed by atoms with E-state index in [9.17, 15) is 0 Å². The number of fused-ring (bicyclic) bond motifs is 2. The molecular weight excluding hydrogens is 108 g/mol. The Hall–Kier alpha value is -0.260. The van der Waals surface area contributed by atoms with Crippen LogP contribution in [0.3, 0.4) is 0 Å². The summed E-state index contributed by atoms with van der Waals surface area (Å²) < 4.78 is 0. The predicted octanol–water partition coefficient (Wildman–Crippen LogP) is 2.75. The third-order valence-corrected chi connectivity index (χ3v) is 2.73. The van der Waals surface area contributed by atoms with Crippen LogP contribution < -0.4 is 0 Å². The van der Waals surface area contributed by atoms with Gasteiger partial charge in [0.15, 0.2) is 0 Å². The molecule has 0 heterocycles. The third kappa shape index (κ3) is 1.03. The average Bonchev–Trinajstić information content (AvgIpc) is 2.09. The molecule has 9 heavy (non-hydrogen) atoms. The van der Waals surface area contributed by atoms with Crippen molar-refractivity contribution >= 4 is 0 Å². The van der Waals surface area contributed by atoms with Gasteiger partial charge in [-0.05, 0) is 43.9 Å². The van der Waals surface area contributed by atoms with Gasteiger partial charge in [-0.15, -0.1) is 0 Å². The third-order valence-electron chi connectivity index (χ3n) is 2.73. The van der Waals surface area contributed by atoms with Crippen LogP contribution in [0.2, 0.25) is 0 Å². The normalized spacial score (nSPS) is 40.9. The van der Waals surface area contributed by atoms with Gasteiger partial charge in [-0.25, -0.2) is 0 Å². The Labute approximate surface area is 57.0 Å². The van der Waals surface area contributed by atoms with Gasteiger partial charge in [0, 0.05) is 0 Å². The second kappa shape index (κ2) is 2.17. The fraction of sp³-hybridized carbons (Fsp3) is 0.778. The van der Waals surface area contributed by atoms with Crippen LogP contribution in [0.15, 0.2) is 12.2 Å². The predicted molar refractivity (Wildman–Crippen MR) is 39.2 cm³/mol. The van der Waals surface area contributed by atoms with E-state index in [1.165, 1.54) is 32.1 Å². The van der Waals surface area contributed by atoms with Crippen molar-refractivity contribution in [3.63, 3.8) is 0 Å². The van der Waals surface area contributed by atoms with Crippen molar-refractivity contribution in [2.45, 2.75) is 32.1 Å². The first-order valence-electron chi connectivity index (χ1n) is 4.12. The highest BCUT2D eigenvalue weighted by atomic mass is 14.3. The van der Waals surface area contributed by atoms with Crippen LogP contribution in [-0.4, -0.2) is 0 Å². The minimum atomic E-state index is 0.970. The zero-order chi connectivity index (χ0) is 6.10. The van der Waals surface area contributed by atoms with Gasteiger partial charge in [0.2, 0.25) is 0 Å². The Morgan fingerprint density at radius 3 is 3.11 bits per heavy atom. The average molecular weight is 122 g/mol. The summed E-state index contributed by atoms with van der Waals surface area (Å²) in [6, 6.07) is 0. The van der Waals surface area contributed by atoms with Crippen LogP contribution in [0.5, 0.6) is 0 Å². The molecule has 0 heteroatoms. The molecular formula is C9H14. The summed E-state index contributed by atoms with van der Waals surface area (Å²) in [6.45, 7) is 0. The first-order chi connectivity index (χ1) is 4.45. The molecule has 2 atom stereocenters. The largest absolute Gasteiger partial charge is 0.0882 e. The van der Waals surface area contributed by atoms with Crippen molar-refractivity contribution in [3.05, 3.63) is 12.2 Å². The first kappa shape index (κ1) is 5.52. The molecule has 2 aliphatic carbocycles. The molecule has 0 aromatic carbocycles. The van der Waals surface area contributed by atoms with Crippen LogP contribution in [-0.2, 0) is 0 Å². The van der Waals surface area contributed by atoms with Crippen LogP contribution in [0, 0.1) is 11.8 Å². The molecule has 0 saturated heterocycles. The van der Waals surface area contributed by atoms with E-state index in [0.29, 0.717) is 0 Å². The van der Waals surface area contributed by atoms with E-state index in [1.807, 2.05) is 0 Å². The fourth-order valence-corrected chi connectivity index (χ4v) is 2.17. The molecule has 2 bridgehead atoms. The van der Waals surface area contributed by atoms with Crippen LogP contribution in [0.4, 0.5) is 0 Å². The maximum Gasteiger partial charge on any atom is -0.0231 e. The van der Waals surface area contributed by atoms with Crippen LogP contribution in [0.25, 0.3) is 0 Å². The lowest BCUT2D eigenvalue weighted by Crippen LogP contribution is -1.90. The lowest BCUT2D eigenvalue weighted by molar-refractivity contribution is 0.505. The Morgan fingerprint density at radius 1 is 1.11 bits per heavy atom. The minimum Gasteiger partial charge on any atom is -0.0882 e. The molecule has 0 aromatic heterocycles. The number of hydrogen-bond donors (Lipinski definition) is 0. The molecule has 0 amide bonds. The lowest BCUT2D eigenvalue weighted by Gasteiger charge is -2.02. The SMILES string of the molecule is C1=CC2CCC(CC1)C2. The van der Waals surface area contributed by atoms with Gasteiger partial charge < -0.3 is 0 Å². The molecule has 0 aliphatic heterocycles.